The van der Waals surface area contributed by atoms with Crippen LogP contribution in [-0.2, 0) is 17.9 Å². The molecule has 0 saturated carbocycles. The summed E-state index contributed by atoms with van der Waals surface area (Å²) in [6.07, 6.45) is 1.67. The number of likely N-dealkylation sites (tertiary alicyclic amines) is 1. The van der Waals surface area contributed by atoms with Gasteiger partial charge in [-0.1, -0.05) is 49.4 Å². The molecular formula is C23H31IN4OS. The standard InChI is InChI=1S/C23H30N4OS.HI/c1-18(29-21-7-4-3-5-8-21)15-25-23(24-2)26-16-19-10-12-20(13-11-19)17-27-14-6-9-22(27)28;/h3-5,7-8,10-13,18H,6,9,14-17H2,1-2H3,(H2,24,25,26);1H. The maximum absolute atomic E-state index is 11.8. The lowest BCUT2D eigenvalue weighted by Crippen LogP contribution is -2.39. The molecule has 1 amide bonds. The van der Waals surface area contributed by atoms with Crippen molar-refractivity contribution < 1.29 is 4.79 Å². The number of guanidine groups is 1. The fourth-order valence-electron chi connectivity index (χ4n) is 3.27. The lowest BCUT2D eigenvalue weighted by Gasteiger charge is -2.17. The smallest absolute Gasteiger partial charge is 0.222 e. The molecular weight excluding hydrogens is 507 g/mol. The number of nitrogens with zero attached hydrogens (tertiary/aromatic N) is 2. The molecule has 0 spiro atoms. The predicted molar refractivity (Wildman–Crippen MR) is 136 cm³/mol. The number of amides is 1. The molecule has 1 fully saturated rings. The quantitative estimate of drug-likeness (QED) is 0.228. The molecule has 1 aliphatic rings. The van der Waals surface area contributed by atoms with Gasteiger partial charge >= 0.3 is 0 Å². The minimum atomic E-state index is 0. The van der Waals surface area contributed by atoms with E-state index >= 15 is 0 Å². The highest BCUT2D eigenvalue weighted by molar-refractivity contribution is 14.0. The molecule has 2 aromatic carbocycles. The molecule has 1 unspecified atom stereocenters. The summed E-state index contributed by atoms with van der Waals surface area (Å²) >= 11 is 1.85. The molecule has 1 atom stereocenters. The van der Waals surface area contributed by atoms with E-state index in [-0.39, 0.29) is 29.9 Å². The largest absolute Gasteiger partial charge is 0.355 e. The number of carbonyl (C=O) groups excluding carboxylic acids is 1. The van der Waals surface area contributed by atoms with E-state index in [1.54, 1.807) is 7.05 Å². The van der Waals surface area contributed by atoms with Gasteiger partial charge in [0.25, 0.3) is 0 Å². The van der Waals surface area contributed by atoms with Gasteiger partial charge in [0.1, 0.15) is 0 Å². The van der Waals surface area contributed by atoms with Gasteiger partial charge in [-0.2, -0.15) is 0 Å². The van der Waals surface area contributed by atoms with Crippen molar-refractivity contribution in [2.45, 2.75) is 43.0 Å². The number of benzene rings is 2. The summed E-state index contributed by atoms with van der Waals surface area (Å²) in [6, 6.07) is 18.9. The number of nitrogens with one attached hydrogen (secondary N) is 2. The van der Waals surface area contributed by atoms with Gasteiger partial charge < -0.3 is 15.5 Å². The topological polar surface area (TPSA) is 56.7 Å². The van der Waals surface area contributed by atoms with Crippen LogP contribution < -0.4 is 10.6 Å². The van der Waals surface area contributed by atoms with E-state index in [0.29, 0.717) is 24.8 Å². The second-order valence-electron chi connectivity index (χ2n) is 7.28. The molecule has 0 aromatic heterocycles. The molecule has 1 heterocycles. The lowest BCUT2D eigenvalue weighted by molar-refractivity contribution is -0.128. The Bertz CT molecular complexity index is 814. The van der Waals surface area contributed by atoms with Crippen LogP contribution in [0.3, 0.4) is 0 Å². The highest BCUT2D eigenvalue weighted by Gasteiger charge is 2.19. The van der Waals surface area contributed by atoms with Crippen LogP contribution in [0.2, 0.25) is 0 Å². The van der Waals surface area contributed by atoms with Gasteiger partial charge in [-0.3, -0.25) is 9.79 Å². The summed E-state index contributed by atoms with van der Waals surface area (Å²) < 4.78 is 0. The highest BCUT2D eigenvalue weighted by atomic mass is 127. The summed E-state index contributed by atoms with van der Waals surface area (Å²) in [5, 5.41) is 7.20. The molecule has 162 valence electrons. The average molecular weight is 538 g/mol. The minimum Gasteiger partial charge on any atom is -0.355 e. The summed E-state index contributed by atoms with van der Waals surface area (Å²) in [5.41, 5.74) is 2.37. The Kier molecular flexibility index (Phi) is 10.5. The molecule has 30 heavy (non-hydrogen) atoms. The SMILES string of the molecule is CN=C(NCc1ccc(CN2CCCC2=O)cc1)NCC(C)Sc1ccccc1.I. The van der Waals surface area contributed by atoms with Gasteiger partial charge in [0, 0.05) is 49.8 Å². The zero-order valence-electron chi connectivity index (χ0n) is 17.6. The van der Waals surface area contributed by atoms with E-state index < -0.39 is 0 Å². The molecule has 1 aliphatic heterocycles. The Morgan fingerprint density at radius 1 is 1.10 bits per heavy atom. The van der Waals surface area contributed by atoms with E-state index in [1.165, 1.54) is 16.0 Å². The van der Waals surface area contributed by atoms with Crippen molar-refractivity contribution in [1.29, 1.82) is 0 Å². The number of halogens is 1. The maximum Gasteiger partial charge on any atom is 0.222 e. The van der Waals surface area contributed by atoms with E-state index in [0.717, 1.165) is 25.5 Å². The number of rotatable bonds is 8. The van der Waals surface area contributed by atoms with Gasteiger partial charge in [-0.15, -0.1) is 35.7 Å². The first-order valence-corrected chi connectivity index (χ1v) is 11.0. The number of aliphatic imine (C=N–C) groups is 1. The molecule has 2 aromatic rings. The first kappa shape index (κ1) is 24.5. The molecule has 1 saturated heterocycles. The monoisotopic (exact) mass is 538 g/mol. The van der Waals surface area contributed by atoms with Crippen molar-refractivity contribution >= 4 is 47.6 Å². The third-order valence-electron chi connectivity index (χ3n) is 4.89. The fraction of sp³-hybridized carbons (Fsp3) is 0.391. The molecule has 0 aliphatic carbocycles. The summed E-state index contributed by atoms with van der Waals surface area (Å²) in [5.74, 6) is 1.07. The van der Waals surface area contributed by atoms with Crippen LogP contribution in [0.1, 0.15) is 30.9 Å². The van der Waals surface area contributed by atoms with Crippen molar-refractivity contribution in [2.24, 2.45) is 4.99 Å². The van der Waals surface area contributed by atoms with Crippen LogP contribution in [0.5, 0.6) is 0 Å². The van der Waals surface area contributed by atoms with E-state index in [9.17, 15) is 4.79 Å². The van der Waals surface area contributed by atoms with E-state index in [2.05, 4.69) is 71.1 Å². The number of thioether (sulfide) groups is 1. The van der Waals surface area contributed by atoms with Crippen molar-refractivity contribution in [3.05, 3.63) is 65.7 Å². The lowest BCUT2D eigenvalue weighted by atomic mass is 10.1. The van der Waals surface area contributed by atoms with Gasteiger partial charge in [0.15, 0.2) is 5.96 Å². The van der Waals surface area contributed by atoms with Crippen LogP contribution in [0, 0.1) is 0 Å². The number of carbonyl (C=O) groups is 1. The molecule has 7 heteroatoms. The van der Waals surface area contributed by atoms with Crippen molar-refractivity contribution in [3.8, 4) is 0 Å². The van der Waals surface area contributed by atoms with Crippen molar-refractivity contribution in [1.82, 2.24) is 15.5 Å². The molecule has 0 bridgehead atoms. The molecule has 3 rings (SSSR count). The Morgan fingerprint density at radius 3 is 2.43 bits per heavy atom. The van der Waals surface area contributed by atoms with Crippen LogP contribution in [0.25, 0.3) is 0 Å². The van der Waals surface area contributed by atoms with E-state index in [1.807, 2.05) is 22.7 Å². The molecule has 0 radical (unpaired) electrons. The van der Waals surface area contributed by atoms with Crippen LogP contribution in [0.4, 0.5) is 0 Å². The first-order valence-electron chi connectivity index (χ1n) is 10.2. The Labute approximate surface area is 201 Å². The maximum atomic E-state index is 11.8. The fourth-order valence-corrected chi connectivity index (χ4v) is 4.22. The summed E-state index contributed by atoms with van der Waals surface area (Å²) in [7, 11) is 1.79. The third-order valence-corrected chi connectivity index (χ3v) is 6.00. The second kappa shape index (κ2) is 12.8. The van der Waals surface area contributed by atoms with E-state index in [4.69, 9.17) is 0 Å². The van der Waals surface area contributed by atoms with Gasteiger partial charge in [0.2, 0.25) is 5.91 Å². The molecule has 5 nitrogen and oxygen atoms in total. The van der Waals surface area contributed by atoms with Crippen LogP contribution >= 0.6 is 35.7 Å². The Morgan fingerprint density at radius 2 is 1.80 bits per heavy atom. The predicted octanol–water partition coefficient (Wildman–Crippen LogP) is 4.27. The molecule has 2 N–H and O–H groups in total. The zero-order chi connectivity index (χ0) is 20.5. The summed E-state index contributed by atoms with van der Waals surface area (Å²) in [4.78, 5) is 19.3. The highest BCUT2D eigenvalue weighted by Crippen LogP contribution is 2.21. The number of hydrogen-bond acceptors (Lipinski definition) is 3. The van der Waals surface area contributed by atoms with Crippen molar-refractivity contribution in [2.75, 3.05) is 20.1 Å². The number of hydrogen-bond donors (Lipinski definition) is 2. The minimum absolute atomic E-state index is 0. The van der Waals surface area contributed by atoms with Gasteiger partial charge in [-0.25, -0.2) is 0 Å². The first-order chi connectivity index (χ1) is 14.1. The van der Waals surface area contributed by atoms with Crippen molar-refractivity contribution in [3.63, 3.8) is 0 Å². The normalized spacial score (nSPS) is 14.9. The Hall–Kier alpha value is -1.74. The van der Waals surface area contributed by atoms with Gasteiger partial charge in [-0.05, 0) is 29.7 Å². The third kappa shape index (κ3) is 7.83. The second-order valence-corrected chi connectivity index (χ2v) is 8.80. The Balaban J connectivity index is 0.00000320. The van der Waals surface area contributed by atoms with Gasteiger partial charge in [0.05, 0.1) is 0 Å². The zero-order valence-corrected chi connectivity index (χ0v) is 20.8. The summed E-state index contributed by atoms with van der Waals surface area (Å²) in [6.45, 7) is 5.35. The van der Waals surface area contributed by atoms with Crippen LogP contribution in [-0.4, -0.2) is 42.2 Å². The average Bonchev–Trinajstić information content (AvgIpc) is 3.14. The van der Waals surface area contributed by atoms with Crippen LogP contribution in [0.15, 0.2) is 64.5 Å².